The highest BCUT2D eigenvalue weighted by Crippen LogP contribution is 2.35. The van der Waals surface area contributed by atoms with E-state index in [0.717, 1.165) is 22.3 Å². The first-order valence-electron chi connectivity index (χ1n) is 13.3. The molecule has 0 aliphatic heterocycles. The van der Waals surface area contributed by atoms with E-state index < -0.39 is 17.3 Å². The van der Waals surface area contributed by atoms with Crippen molar-refractivity contribution in [1.29, 1.82) is 0 Å². The van der Waals surface area contributed by atoms with Gasteiger partial charge in [0.15, 0.2) is 0 Å². The molecule has 4 aromatic rings. The Morgan fingerprint density at radius 3 is 2.20 bits per heavy atom. The van der Waals surface area contributed by atoms with E-state index in [1.807, 2.05) is 42.5 Å². The summed E-state index contributed by atoms with van der Waals surface area (Å²) in [7, 11) is 0. The molecule has 0 radical (unpaired) electrons. The first-order valence-corrected chi connectivity index (χ1v) is 13.6. The molecular weight excluding hydrogens is 543 g/mol. The Bertz CT molecular complexity index is 1590. The quantitative estimate of drug-likeness (QED) is 0.249. The largest absolute Gasteiger partial charge is 0.464 e. The number of hydrogen-bond donors (Lipinski definition) is 2. The van der Waals surface area contributed by atoms with Gasteiger partial charge in [0, 0.05) is 29.1 Å². The number of rotatable bonds is 8. The molecule has 0 saturated carbocycles. The molecule has 0 spiro atoms. The van der Waals surface area contributed by atoms with Gasteiger partial charge in [0.2, 0.25) is 5.91 Å². The van der Waals surface area contributed by atoms with Crippen molar-refractivity contribution in [3.8, 4) is 11.1 Å². The van der Waals surface area contributed by atoms with Crippen LogP contribution in [-0.4, -0.2) is 29.9 Å². The van der Waals surface area contributed by atoms with E-state index in [1.54, 1.807) is 31.2 Å². The van der Waals surface area contributed by atoms with E-state index in [1.165, 1.54) is 24.3 Å². The van der Waals surface area contributed by atoms with E-state index in [0.29, 0.717) is 34.7 Å². The number of carbonyl (C=O) groups excluding carboxylic acids is 3. The Morgan fingerprint density at radius 2 is 1.51 bits per heavy atom. The molecule has 1 aliphatic carbocycles. The maximum atomic E-state index is 13.2. The fraction of sp³-hybridized carbons (Fsp3) is 0.182. The maximum absolute atomic E-state index is 13.2. The van der Waals surface area contributed by atoms with Crippen LogP contribution in [0.25, 0.3) is 11.1 Å². The highest BCUT2D eigenvalue weighted by Gasteiger charge is 2.46. The van der Waals surface area contributed by atoms with Crippen molar-refractivity contribution in [3.05, 3.63) is 124 Å². The van der Waals surface area contributed by atoms with Gasteiger partial charge < -0.3 is 15.4 Å². The molecule has 1 aliphatic rings. The van der Waals surface area contributed by atoms with Crippen molar-refractivity contribution in [2.45, 2.75) is 31.7 Å². The van der Waals surface area contributed by atoms with E-state index in [9.17, 15) is 18.8 Å². The van der Waals surface area contributed by atoms with E-state index in [-0.39, 0.29) is 24.8 Å². The number of benzene rings is 4. The summed E-state index contributed by atoms with van der Waals surface area (Å²) in [5.74, 6) is -1.56. The third-order valence-corrected chi connectivity index (χ3v) is 7.35. The van der Waals surface area contributed by atoms with Crippen LogP contribution in [0.15, 0.2) is 91.0 Å². The van der Waals surface area contributed by atoms with Gasteiger partial charge in [0.1, 0.15) is 11.4 Å². The van der Waals surface area contributed by atoms with Gasteiger partial charge in [-0.15, -0.1) is 0 Å². The number of fused-ring (bicyclic) bond motifs is 1. The molecule has 6 nitrogen and oxygen atoms in total. The second-order valence-corrected chi connectivity index (χ2v) is 10.5. The fourth-order valence-electron chi connectivity index (χ4n) is 5.06. The lowest BCUT2D eigenvalue weighted by molar-refractivity contribution is -0.153. The van der Waals surface area contributed by atoms with Gasteiger partial charge in [-0.2, -0.15) is 0 Å². The molecule has 2 N–H and O–H groups in total. The van der Waals surface area contributed by atoms with E-state index >= 15 is 0 Å². The lowest BCUT2D eigenvalue weighted by atomic mass is 9.95. The van der Waals surface area contributed by atoms with Gasteiger partial charge in [0.05, 0.1) is 13.0 Å². The zero-order valence-corrected chi connectivity index (χ0v) is 23.1. The molecule has 4 aromatic carbocycles. The first kappa shape index (κ1) is 28.1. The van der Waals surface area contributed by atoms with Crippen LogP contribution in [0.3, 0.4) is 0 Å². The normalized spacial score (nSPS) is 15.6. The predicted molar refractivity (Wildman–Crippen MR) is 156 cm³/mol. The van der Waals surface area contributed by atoms with Gasteiger partial charge in [-0.1, -0.05) is 54.1 Å². The standard InChI is InChI=1S/C33H28ClFN2O4/c1-2-41-32(40)33(19-25-6-5-24(18-26(25)20-33)22-7-11-27(34)12-8-22)37-30(38)17-21-3-15-29(16-4-21)36-31(39)23-9-13-28(35)14-10-23/h3-16,18H,2,17,19-20H2,1H3,(H,36,39)(H,37,38). The summed E-state index contributed by atoms with van der Waals surface area (Å²) < 4.78 is 18.5. The number of ether oxygens (including phenoxy) is 1. The highest BCUT2D eigenvalue weighted by atomic mass is 35.5. The smallest absolute Gasteiger partial charge is 0.332 e. The van der Waals surface area contributed by atoms with Crippen LogP contribution in [0.4, 0.5) is 10.1 Å². The number of anilines is 1. The van der Waals surface area contributed by atoms with Gasteiger partial charge >= 0.3 is 5.97 Å². The molecule has 0 aromatic heterocycles. The fourth-order valence-corrected chi connectivity index (χ4v) is 5.18. The first-order chi connectivity index (χ1) is 19.7. The summed E-state index contributed by atoms with van der Waals surface area (Å²) in [5.41, 5.74) is 4.35. The van der Waals surface area contributed by atoms with Crippen LogP contribution in [0.1, 0.15) is 34.0 Å². The van der Waals surface area contributed by atoms with Crippen molar-refractivity contribution in [3.63, 3.8) is 0 Å². The Labute approximate surface area is 242 Å². The monoisotopic (exact) mass is 570 g/mol. The maximum Gasteiger partial charge on any atom is 0.332 e. The van der Waals surface area contributed by atoms with Crippen molar-refractivity contribution in [2.75, 3.05) is 11.9 Å². The lowest BCUT2D eigenvalue weighted by Crippen LogP contribution is -2.56. The molecule has 0 saturated heterocycles. The Morgan fingerprint density at radius 1 is 0.854 bits per heavy atom. The van der Waals surface area contributed by atoms with Crippen LogP contribution in [0.2, 0.25) is 5.02 Å². The van der Waals surface area contributed by atoms with Crippen LogP contribution in [0.5, 0.6) is 0 Å². The average Bonchev–Trinajstić information content (AvgIpc) is 3.33. The van der Waals surface area contributed by atoms with Crippen molar-refractivity contribution in [1.82, 2.24) is 5.32 Å². The molecule has 0 heterocycles. The number of halogens is 2. The molecule has 41 heavy (non-hydrogen) atoms. The Kier molecular flexibility index (Phi) is 8.17. The third-order valence-electron chi connectivity index (χ3n) is 7.10. The molecular formula is C33H28ClFN2O4. The number of esters is 1. The zero-order chi connectivity index (χ0) is 29.0. The Hall–Kier alpha value is -4.49. The SMILES string of the molecule is CCOC(=O)C1(NC(=O)Cc2ccc(NC(=O)c3ccc(F)cc3)cc2)Cc2ccc(-c3ccc(Cl)cc3)cc2C1. The number of hydrogen-bond acceptors (Lipinski definition) is 4. The van der Waals surface area contributed by atoms with E-state index in [4.69, 9.17) is 16.3 Å². The molecule has 208 valence electrons. The summed E-state index contributed by atoms with van der Waals surface area (Å²) in [5, 5.41) is 6.39. The van der Waals surface area contributed by atoms with Gasteiger partial charge in [-0.25, -0.2) is 9.18 Å². The number of carbonyl (C=O) groups is 3. The summed E-state index contributed by atoms with van der Waals surface area (Å²) >= 11 is 6.04. The van der Waals surface area contributed by atoms with Gasteiger partial charge in [0.25, 0.3) is 5.91 Å². The van der Waals surface area contributed by atoms with Gasteiger partial charge in [-0.3, -0.25) is 9.59 Å². The van der Waals surface area contributed by atoms with Crippen LogP contribution < -0.4 is 10.6 Å². The second-order valence-electron chi connectivity index (χ2n) is 10.0. The minimum absolute atomic E-state index is 0.0414. The van der Waals surface area contributed by atoms with Crippen LogP contribution in [-0.2, 0) is 33.6 Å². The van der Waals surface area contributed by atoms with Gasteiger partial charge in [-0.05, 0) is 83.3 Å². The van der Waals surface area contributed by atoms with Crippen LogP contribution in [0, 0.1) is 5.82 Å². The summed E-state index contributed by atoms with van der Waals surface area (Å²) in [6.07, 6.45) is 0.699. The third kappa shape index (κ3) is 6.47. The minimum atomic E-state index is -1.20. The van der Waals surface area contributed by atoms with Crippen molar-refractivity contribution in [2.24, 2.45) is 0 Å². The molecule has 8 heteroatoms. The summed E-state index contributed by atoms with van der Waals surface area (Å²) in [6.45, 7) is 1.94. The van der Waals surface area contributed by atoms with E-state index in [2.05, 4.69) is 10.6 Å². The number of amides is 2. The van der Waals surface area contributed by atoms with Crippen LogP contribution >= 0.6 is 11.6 Å². The topological polar surface area (TPSA) is 84.5 Å². The molecule has 1 atom stereocenters. The van der Waals surface area contributed by atoms with Crippen molar-refractivity contribution < 1.29 is 23.5 Å². The molecule has 0 bridgehead atoms. The highest BCUT2D eigenvalue weighted by molar-refractivity contribution is 6.30. The Balaban J connectivity index is 1.27. The molecule has 1 unspecified atom stereocenters. The zero-order valence-electron chi connectivity index (χ0n) is 22.4. The summed E-state index contributed by atoms with van der Waals surface area (Å²) in [4.78, 5) is 38.8. The molecule has 2 amide bonds. The molecule has 0 fully saturated rings. The lowest BCUT2D eigenvalue weighted by Gasteiger charge is -2.28. The second kappa shape index (κ2) is 11.9. The van der Waals surface area contributed by atoms with Crippen molar-refractivity contribution >= 4 is 35.1 Å². The summed E-state index contributed by atoms with van der Waals surface area (Å²) in [6, 6.07) is 25.7. The molecule has 5 rings (SSSR count). The average molecular weight is 571 g/mol. The minimum Gasteiger partial charge on any atom is -0.464 e. The number of nitrogens with one attached hydrogen (secondary N) is 2. The predicted octanol–water partition coefficient (Wildman–Crippen LogP) is 6.16.